The Bertz CT molecular complexity index is 1130. The fourth-order valence-corrected chi connectivity index (χ4v) is 3.66. The van der Waals surface area contributed by atoms with Crippen LogP contribution in [0.2, 0.25) is 5.02 Å². The maximum Gasteiger partial charge on any atom is 0.251 e. The molecule has 0 aliphatic carbocycles. The number of nitrogens with zero attached hydrogens (tertiary/aromatic N) is 4. The van der Waals surface area contributed by atoms with E-state index in [9.17, 15) is 9.59 Å². The molecule has 31 heavy (non-hydrogen) atoms. The van der Waals surface area contributed by atoms with Crippen LogP contribution < -0.4 is 5.32 Å². The van der Waals surface area contributed by atoms with Crippen molar-refractivity contribution in [2.45, 2.75) is 18.2 Å². The smallest absolute Gasteiger partial charge is 0.251 e. The van der Waals surface area contributed by atoms with E-state index in [4.69, 9.17) is 16.9 Å². The van der Waals surface area contributed by atoms with Gasteiger partial charge in [0, 0.05) is 22.7 Å². The summed E-state index contributed by atoms with van der Waals surface area (Å²) in [5.41, 5.74) is 1.51. The molecule has 0 unspecified atom stereocenters. The Labute approximate surface area is 188 Å². The Morgan fingerprint density at radius 3 is 2.45 bits per heavy atom. The van der Waals surface area contributed by atoms with E-state index in [1.54, 1.807) is 59.2 Å². The van der Waals surface area contributed by atoms with Gasteiger partial charge in [-0.15, -0.1) is 16.8 Å². The Hall–Kier alpha value is -3.41. The number of carbonyl (C=O) groups excluding carboxylic acids is 2. The van der Waals surface area contributed by atoms with Crippen LogP contribution in [0.5, 0.6) is 0 Å². The Balaban J connectivity index is 1.64. The lowest BCUT2D eigenvalue weighted by Crippen LogP contribution is -2.24. The van der Waals surface area contributed by atoms with Gasteiger partial charge in [-0.3, -0.25) is 9.59 Å². The highest BCUT2D eigenvalue weighted by molar-refractivity contribution is 7.99. The molecule has 1 aromatic heterocycles. The topological polar surface area (TPSA) is 101 Å². The molecule has 1 N–H and O–H groups in total. The van der Waals surface area contributed by atoms with Crippen LogP contribution in [-0.4, -0.2) is 32.2 Å². The summed E-state index contributed by atoms with van der Waals surface area (Å²) in [6.45, 7) is 4.36. The lowest BCUT2D eigenvalue weighted by atomic mass is 10.1. The molecular weight excluding hydrogens is 434 g/mol. The number of aromatic nitrogens is 3. The van der Waals surface area contributed by atoms with Crippen LogP contribution in [0.4, 0.5) is 0 Å². The highest BCUT2D eigenvalue weighted by Gasteiger charge is 2.15. The van der Waals surface area contributed by atoms with E-state index < -0.39 is 0 Å². The molecule has 0 fully saturated rings. The van der Waals surface area contributed by atoms with E-state index in [2.05, 4.69) is 22.1 Å². The number of ketones is 1. The quantitative estimate of drug-likeness (QED) is 0.301. The van der Waals surface area contributed by atoms with E-state index in [-0.39, 0.29) is 24.0 Å². The van der Waals surface area contributed by atoms with Gasteiger partial charge in [-0.2, -0.15) is 5.26 Å². The van der Waals surface area contributed by atoms with Crippen LogP contribution in [0.1, 0.15) is 32.1 Å². The number of Topliss-reactive ketones (excluding diaryl/α,β-unsaturated/α-hetero) is 1. The van der Waals surface area contributed by atoms with E-state index in [1.807, 2.05) is 6.07 Å². The van der Waals surface area contributed by atoms with Crippen molar-refractivity contribution in [3.63, 3.8) is 0 Å². The highest BCUT2D eigenvalue weighted by atomic mass is 35.5. The zero-order valence-corrected chi connectivity index (χ0v) is 18.0. The summed E-state index contributed by atoms with van der Waals surface area (Å²) < 4.78 is 1.80. The van der Waals surface area contributed by atoms with Crippen molar-refractivity contribution < 1.29 is 9.59 Å². The minimum Gasteiger partial charge on any atom is -0.345 e. The number of halogens is 1. The minimum atomic E-state index is -0.255. The number of allylic oxidation sites excluding steroid dienone is 1. The van der Waals surface area contributed by atoms with Crippen LogP contribution >= 0.6 is 23.4 Å². The molecule has 9 heteroatoms. The number of amides is 1. The number of rotatable bonds is 9. The fraction of sp³-hybridized carbons (Fsp3) is 0.136. The van der Waals surface area contributed by atoms with Crippen LogP contribution in [-0.2, 0) is 13.1 Å². The molecule has 0 spiro atoms. The average Bonchev–Trinajstić information content (AvgIpc) is 3.18. The first-order chi connectivity index (χ1) is 15.0. The molecule has 2 aromatic carbocycles. The Morgan fingerprint density at radius 2 is 1.81 bits per heavy atom. The zero-order valence-electron chi connectivity index (χ0n) is 16.4. The number of hydrogen-bond acceptors (Lipinski definition) is 6. The zero-order chi connectivity index (χ0) is 22.2. The van der Waals surface area contributed by atoms with E-state index in [0.29, 0.717) is 39.2 Å². The van der Waals surface area contributed by atoms with Crippen molar-refractivity contribution in [3.05, 3.63) is 88.7 Å². The number of carbonyl (C=O) groups is 2. The number of benzene rings is 2. The van der Waals surface area contributed by atoms with Gasteiger partial charge in [0.2, 0.25) is 0 Å². The maximum absolute atomic E-state index is 12.4. The first-order valence-corrected chi connectivity index (χ1v) is 10.6. The van der Waals surface area contributed by atoms with Gasteiger partial charge >= 0.3 is 0 Å². The lowest BCUT2D eigenvalue weighted by molar-refractivity contribution is 0.0948. The number of nitrogens with one attached hydrogen (secondary N) is 1. The van der Waals surface area contributed by atoms with Gasteiger partial charge in [0.25, 0.3) is 5.91 Å². The fourth-order valence-electron chi connectivity index (χ4n) is 2.68. The van der Waals surface area contributed by atoms with Gasteiger partial charge in [0.05, 0.1) is 23.9 Å². The molecule has 1 amide bonds. The summed E-state index contributed by atoms with van der Waals surface area (Å²) in [7, 11) is 0. The molecule has 156 valence electrons. The van der Waals surface area contributed by atoms with Gasteiger partial charge in [-0.1, -0.05) is 41.6 Å². The summed E-state index contributed by atoms with van der Waals surface area (Å²) in [5, 5.41) is 21.1. The first-order valence-electron chi connectivity index (χ1n) is 9.24. The maximum atomic E-state index is 12.4. The monoisotopic (exact) mass is 451 g/mol. The average molecular weight is 452 g/mol. The second kappa shape index (κ2) is 10.6. The highest BCUT2D eigenvalue weighted by Crippen LogP contribution is 2.19. The van der Waals surface area contributed by atoms with Crippen LogP contribution in [0.25, 0.3) is 0 Å². The Kier molecular flexibility index (Phi) is 7.60. The van der Waals surface area contributed by atoms with Gasteiger partial charge in [0.1, 0.15) is 0 Å². The normalized spacial score (nSPS) is 10.3. The summed E-state index contributed by atoms with van der Waals surface area (Å²) >= 11 is 7.10. The molecular formula is C22H18ClN5O2S. The van der Waals surface area contributed by atoms with Gasteiger partial charge < -0.3 is 9.88 Å². The summed E-state index contributed by atoms with van der Waals surface area (Å²) in [5.74, 6) is 0.379. The summed E-state index contributed by atoms with van der Waals surface area (Å²) in [6.07, 6.45) is 1.69. The number of nitriles is 1. The first kappa shape index (κ1) is 22.3. The third kappa shape index (κ3) is 5.81. The Morgan fingerprint density at radius 1 is 1.13 bits per heavy atom. The van der Waals surface area contributed by atoms with Crippen molar-refractivity contribution in [2.24, 2.45) is 0 Å². The third-order valence-corrected chi connectivity index (χ3v) is 5.51. The van der Waals surface area contributed by atoms with E-state index >= 15 is 0 Å². The van der Waals surface area contributed by atoms with Gasteiger partial charge in [-0.05, 0) is 36.4 Å². The van der Waals surface area contributed by atoms with E-state index in [0.717, 1.165) is 0 Å². The SMILES string of the molecule is C=CCn1c(CNC(=O)c2ccc(Cl)cc2)nnc1SCC(=O)c1ccc(C#N)cc1. The molecule has 0 aliphatic rings. The third-order valence-electron chi connectivity index (χ3n) is 4.29. The number of hydrogen-bond donors (Lipinski definition) is 1. The van der Waals surface area contributed by atoms with Gasteiger partial charge in [-0.25, -0.2) is 0 Å². The van der Waals surface area contributed by atoms with Crippen molar-refractivity contribution in [1.29, 1.82) is 5.26 Å². The molecule has 0 radical (unpaired) electrons. The van der Waals surface area contributed by atoms with Crippen molar-refractivity contribution in [2.75, 3.05) is 5.75 Å². The predicted octanol–water partition coefficient (Wildman–Crippen LogP) is 3.89. The lowest BCUT2D eigenvalue weighted by Gasteiger charge is -2.09. The van der Waals surface area contributed by atoms with Gasteiger partial charge in [0.15, 0.2) is 16.8 Å². The molecule has 1 heterocycles. The second-order valence-corrected chi connectivity index (χ2v) is 7.77. The molecule has 0 saturated heterocycles. The molecule has 3 rings (SSSR count). The molecule has 0 aliphatic heterocycles. The van der Waals surface area contributed by atoms with Crippen molar-refractivity contribution >= 4 is 35.1 Å². The summed E-state index contributed by atoms with van der Waals surface area (Å²) in [4.78, 5) is 24.8. The molecule has 0 atom stereocenters. The molecule has 7 nitrogen and oxygen atoms in total. The largest absolute Gasteiger partial charge is 0.345 e. The standard InChI is InChI=1S/C22H18ClN5O2S/c1-2-11-28-20(13-25-21(30)17-7-9-18(23)10-8-17)26-27-22(28)31-14-19(29)16-5-3-15(12-24)4-6-16/h2-10H,1,11,13-14H2,(H,25,30). The predicted molar refractivity (Wildman–Crippen MR) is 119 cm³/mol. The second-order valence-electron chi connectivity index (χ2n) is 6.39. The minimum absolute atomic E-state index is 0.0831. The molecule has 0 bridgehead atoms. The van der Waals surface area contributed by atoms with Crippen molar-refractivity contribution in [3.8, 4) is 6.07 Å². The van der Waals surface area contributed by atoms with Crippen LogP contribution in [0, 0.1) is 11.3 Å². The number of thioether (sulfide) groups is 1. The molecule has 3 aromatic rings. The van der Waals surface area contributed by atoms with Crippen LogP contribution in [0.15, 0.2) is 66.3 Å². The molecule has 0 saturated carbocycles. The van der Waals surface area contributed by atoms with E-state index in [1.165, 1.54) is 11.8 Å². The van der Waals surface area contributed by atoms with Crippen molar-refractivity contribution in [1.82, 2.24) is 20.1 Å². The van der Waals surface area contributed by atoms with Crippen LogP contribution in [0.3, 0.4) is 0 Å². The summed E-state index contributed by atoms with van der Waals surface area (Å²) in [6, 6.07) is 15.1.